The number of rotatable bonds is 5. The van der Waals surface area contributed by atoms with E-state index in [0.717, 1.165) is 10.3 Å². The summed E-state index contributed by atoms with van der Waals surface area (Å²) in [5.74, 6) is -0.928. The lowest BCUT2D eigenvalue weighted by Gasteiger charge is -2.12. The Morgan fingerprint density at radius 2 is 2.10 bits per heavy atom. The van der Waals surface area contributed by atoms with Gasteiger partial charge in [-0.25, -0.2) is 4.79 Å². The van der Waals surface area contributed by atoms with Crippen LogP contribution < -0.4 is 10.6 Å². The SMILES string of the molecule is CC(NC(=O)NCCC(=O)O)c1cc2ccccc2s1. The molecule has 2 aromatic rings. The minimum Gasteiger partial charge on any atom is -0.481 e. The number of fused-ring (bicyclic) bond motifs is 1. The van der Waals surface area contributed by atoms with E-state index >= 15 is 0 Å². The van der Waals surface area contributed by atoms with Crippen LogP contribution in [0.4, 0.5) is 4.79 Å². The number of hydrogen-bond acceptors (Lipinski definition) is 3. The lowest BCUT2D eigenvalue weighted by Crippen LogP contribution is -2.37. The highest BCUT2D eigenvalue weighted by atomic mass is 32.1. The summed E-state index contributed by atoms with van der Waals surface area (Å²) in [5, 5.41) is 15.0. The molecule has 0 saturated heterocycles. The third kappa shape index (κ3) is 3.71. The van der Waals surface area contributed by atoms with E-state index in [-0.39, 0.29) is 25.0 Å². The molecule has 0 spiro atoms. The number of urea groups is 1. The highest BCUT2D eigenvalue weighted by Gasteiger charge is 2.12. The van der Waals surface area contributed by atoms with Crippen LogP contribution in [0.5, 0.6) is 0 Å². The van der Waals surface area contributed by atoms with Crippen molar-refractivity contribution in [2.75, 3.05) is 6.54 Å². The minimum atomic E-state index is -0.928. The Hall–Kier alpha value is -2.08. The molecule has 106 valence electrons. The third-order valence-corrected chi connectivity index (χ3v) is 4.14. The Bertz CT molecular complexity index is 591. The summed E-state index contributed by atoms with van der Waals surface area (Å²) in [6, 6.07) is 9.64. The summed E-state index contributed by atoms with van der Waals surface area (Å²) in [7, 11) is 0. The van der Waals surface area contributed by atoms with Crippen LogP contribution in [-0.4, -0.2) is 23.7 Å². The van der Waals surface area contributed by atoms with Crippen LogP contribution in [0.2, 0.25) is 0 Å². The molecular weight excluding hydrogens is 276 g/mol. The number of carbonyl (C=O) groups excluding carboxylic acids is 1. The molecule has 0 radical (unpaired) electrons. The summed E-state index contributed by atoms with van der Waals surface area (Å²) in [6.45, 7) is 2.03. The van der Waals surface area contributed by atoms with E-state index in [2.05, 4.69) is 16.7 Å². The Balaban J connectivity index is 1.92. The van der Waals surface area contributed by atoms with Gasteiger partial charge >= 0.3 is 12.0 Å². The fraction of sp³-hybridized carbons (Fsp3) is 0.286. The molecule has 3 N–H and O–H groups in total. The van der Waals surface area contributed by atoms with Crippen molar-refractivity contribution in [2.45, 2.75) is 19.4 Å². The van der Waals surface area contributed by atoms with Gasteiger partial charge in [-0.3, -0.25) is 4.79 Å². The first-order chi connectivity index (χ1) is 9.56. The molecule has 1 aromatic heterocycles. The summed E-state index contributed by atoms with van der Waals surface area (Å²) in [6.07, 6.45) is -0.0787. The number of benzene rings is 1. The molecule has 0 aliphatic heterocycles. The molecule has 0 aliphatic carbocycles. The van der Waals surface area contributed by atoms with Gasteiger partial charge in [0, 0.05) is 16.1 Å². The van der Waals surface area contributed by atoms with Crippen molar-refractivity contribution >= 4 is 33.4 Å². The van der Waals surface area contributed by atoms with Gasteiger partial charge in [0.2, 0.25) is 0 Å². The van der Waals surface area contributed by atoms with Crippen molar-refractivity contribution in [3.63, 3.8) is 0 Å². The zero-order valence-corrected chi connectivity index (χ0v) is 11.9. The Morgan fingerprint density at radius 1 is 1.35 bits per heavy atom. The zero-order valence-electron chi connectivity index (χ0n) is 11.1. The van der Waals surface area contributed by atoms with E-state index < -0.39 is 5.97 Å². The van der Waals surface area contributed by atoms with Crippen LogP contribution in [0.3, 0.4) is 0 Å². The second-order valence-electron chi connectivity index (χ2n) is 4.45. The monoisotopic (exact) mass is 292 g/mol. The summed E-state index contributed by atoms with van der Waals surface area (Å²) >= 11 is 1.64. The lowest BCUT2D eigenvalue weighted by molar-refractivity contribution is -0.136. The molecule has 1 atom stereocenters. The molecule has 20 heavy (non-hydrogen) atoms. The number of aliphatic carboxylic acids is 1. The van der Waals surface area contributed by atoms with Gasteiger partial charge in [-0.2, -0.15) is 0 Å². The summed E-state index contributed by atoms with van der Waals surface area (Å²) in [5.41, 5.74) is 0. The number of carbonyl (C=O) groups is 2. The van der Waals surface area contributed by atoms with Crippen LogP contribution in [0.25, 0.3) is 10.1 Å². The Kier molecular flexibility index (Phi) is 4.57. The van der Waals surface area contributed by atoms with Gasteiger partial charge in [0.1, 0.15) is 0 Å². The molecule has 1 aromatic carbocycles. The number of carboxylic acids is 1. The molecule has 0 aliphatic rings. The van der Waals surface area contributed by atoms with Crippen LogP contribution in [0, 0.1) is 0 Å². The third-order valence-electron chi connectivity index (χ3n) is 2.84. The molecule has 6 heteroatoms. The maximum atomic E-state index is 11.6. The highest BCUT2D eigenvalue weighted by Crippen LogP contribution is 2.29. The Morgan fingerprint density at radius 3 is 2.80 bits per heavy atom. The fourth-order valence-corrected chi connectivity index (χ4v) is 2.88. The van der Waals surface area contributed by atoms with E-state index in [9.17, 15) is 9.59 Å². The molecular formula is C14H16N2O3S. The van der Waals surface area contributed by atoms with Crippen molar-refractivity contribution < 1.29 is 14.7 Å². The lowest BCUT2D eigenvalue weighted by atomic mass is 10.2. The normalized spacial score (nSPS) is 12.1. The summed E-state index contributed by atoms with van der Waals surface area (Å²) < 4.78 is 1.18. The predicted octanol–water partition coefficient (Wildman–Crippen LogP) is 2.74. The van der Waals surface area contributed by atoms with Gasteiger partial charge in [-0.15, -0.1) is 11.3 Å². The standard InChI is InChI=1S/C14H16N2O3S/c1-9(16-14(19)15-7-6-13(17)18)12-8-10-4-2-3-5-11(10)20-12/h2-5,8-9H,6-7H2,1H3,(H,17,18)(H2,15,16,19). The number of nitrogens with one attached hydrogen (secondary N) is 2. The van der Waals surface area contributed by atoms with Crippen LogP contribution in [0.1, 0.15) is 24.3 Å². The topological polar surface area (TPSA) is 78.4 Å². The molecule has 0 saturated carbocycles. The van der Waals surface area contributed by atoms with Gasteiger partial charge in [0.05, 0.1) is 12.5 Å². The molecule has 1 unspecified atom stereocenters. The number of carboxylic acid groups (broad SMARTS) is 1. The number of amides is 2. The number of thiophene rings is 1. The maximum Gasteiger partial charge on any atom is 0.315 e. The van der Waals surface area contributed by atoms with Crippen molar-refractivity contribution in [3.8, 4) is 0 Å². The predicted molar refractivity (Wildman–Crippen MR) is 79.0 cm³/mol. The first kappa shape index (κ1) is 14.3. The fourth-order valence-electron chi connectivity index (χ4n) is 1.82. The molecule has 1 heterocycles. The average molecular weight is 292 g/mol. The van der Waals surface area contributed by atoms with Crippen molar-refractivity contribution in [1.29, 1.82) is 0 Å². The van der Waals surface area contributed by atoms with Crippen molar-refractivity contribution in [3.05, 3.63) is 35.2 Å². The van der Waals surface area contributed by atoms with Crippen molar-refractivity contribution in [2.24, 2.45) is 0 Å². The molecule has 0 fully saturated rings. The Labute approximate surface area is 120 Å². The van der Waals surface area contributed by atoms with Crippen LogP contribution in [-0.2, 0) is 4.79 Å². The van der Waals surface area contributed by atoms with Crippen molar-refractivity contribution in [1.82, 2.24) is 10.6 Å². The second-order valence-corrected chi connectivity index (χ2v) is 5.57. The van der Waals surface area contributed by atoms with Gasteiger partial charge in [0.25, 0.3) is 0 Å². The average Bonchev–Trinajstić information content (AvgIpc) is 2.82. The molecule has 2 amide bonds. The minimum absolute atomic E-state index is 0.0787. The zero-order chi connectivity index (χ0) is 14.5. The highest BCUT2D eigenvalue weighted by molar-refractivity contribution is 7.19. The van der Waals surface area contributed by atoms with Gasteiger partial charge in [-0.1, -0.05) is 18.2 Å². The largest absolute Gasteiger partial charge is 0.481 e. The quantitative estimate of drug-likeness (QED) is 0.793. The first-order valence-electron chi connectivity index (χ1n) is 6.31. The second kappa shape index (κ2) is 6.38. The van der Waals surface area contributed by atoms with E-state index in [1.54, 1.807) is 11.3 Å². The van der Waals surface area contributed by atoms with E-state index in [4.69, 9.17) is 5.11 Å². The molecule has 0 bridgehead atoms. The van der Waals surface area contributed by atoms with E-state index in [1.165, 1.54) is 4.70 Å². The van der Waals surface area contributed by atoms with Gasteiger partial charge in [-0.05, 0) is 24.4 Å². The number of hydrogen-bond donors (Lipinski definition) is 3. The smallest absolute Gasteiger partial charge is 0.315 e. The first-order valence-corrected chi connectivity index (χ1v) is 7.12. The van der Waals surface area contributed by atoms with Crippen LogP contribution in [0.15, 0.2) is 30.3 Å². The molecule has 5 nitrogen and oxygen atoms in total. The van der Waals surface area contributed by atoms with Gasteiger partial charge < -0.3 is 15.7 Å². The van der Waals surface area contributed by atoms with E-state index in [0.29, 0.717) is 0 Å². The van der Waals surface area contributed by atoms with Gasteiger partial charge in [0.15, 0.2) is 0 Å². The summed E-state index contributed by atoms with van der Waals surface area (Å²) in [4.78, 5) is 23.0. The molecule has 2 rings (SSSR count). The van der Waals surface area contributed by atoms with Crippen LogP contribution >= 0.6 is 11.3 Å². The van der Waals surface area contributed by atoms with E-state index in [1.807, 2.05) is 31.2 Å². The maximum absolute atomic E-state index is 11.6.